The molecular weight excluding hydrogens is 186 g/mol. The van der Waals surface area contributed by atoms with E-state index in [1.165, 1.54) is 0 Å². The average molecular weight is 195 g/mol. The summed E-state index contributed by atoms with van der Waals surface area (Å²) in [5, 5.41) is 2.26. The minimum absolute atomic E-state index is 0.657. The van der Waals surface area contributed by atoms with Crippen molar-refractivity contribution in [2.75, 3.05) is 5.73 Å². The summed E-state index contributed by atoms with van der Waals surface area (Å²) in [5.41, 5.74) is 9.44. The van der Waals surface area contributed by atoms with Crippen molar-refractivity contribution >= 4 is 28.0 Å². The number of benzene rings is 2. The van der Waals surface area contributed by atoms with Crippen LogP contribution < -0.4 is 5.73 Å². The summed E-state index contributed by atoms with van der Waals surface area (Å²) in [7, 11) is 0. The summed E-state index contributed by atoms with van der Waals surface area (Å²) in [6, 6.07) is 9.82. The highest BCUT2D eigenvalue weighted by atomic mass is 16.1. The monoisotopic (exact) mass is 195 g/mol. The molecule has 1 aliphatic rings. The van der Waals surface area contributed by atoms with E-state index in [0.29, 0.717) is 6.42 Å². The lowest BCUT2D eigenvalue weighted by molar-refractivity contribution is 0.569. The molecule has 0 fully saturated rings. The van der Waals surface area contributed by atoms with Crippen LogP contribution in [0.2, 0.25) is 0 Å². The van der Waals surface area contributed by atoms with Crippen molar-refractivity contribution in [1.82, 2.24) is 0 Å². The molecule has 2 heteroatoms. The Kier molecular flexibility index (Phi) is 1.50. The maximum absolute atomic E-state index is 10.8. The van der Waals surface area contributed by atoms with Gasteiger partial charge in [0.15, 0.2) is 0 Å². The van der Waals surface area contributed by atoms with Gasteiger partial charge in [-0.2, -0.15) is 0 Å². The maximum Gasteiger partial charge on any atom is 0.128 e. The van der Waals surface area contributed by atoms with E-state index in [4.69, 9.17) is 5.73 Å². The Balaban J connectivity index is 2.53. The zero-order valence-electron chi connectivity index (χ0n) is 8.08. The van der Waals surface area contributed by atoms with Gasteiger partial charge in [0.1, 0.15) is 5.94 Å². The number of nitrogens with two attached hydrogens (primary N) is 1. The molecule has 72 valence electrons. The molecule has 2 aromatic rings. The number of rotatable bonds is 0. The topological polar surface area (TPSA) is 43.1 Å². The van der Waals surface area contributed by atoms with Crippen LogP contribution in [0.15, 0.2) is 30.3 Å². The van der Waals surface area contributed by atoms with E-state index in [1.54, 1.807) is 0 Å². The Morgan fingerprint density at radius 3 is 2.93 bits per heavy atom. The highest BCUT2D eigenvalue weighted by molar-refractivity contribution is 6.08. The number of anilines is 1. The molecule has 0 saturated heterocycles. The minimum Gasteiger partial charge on any atom is -0.399 e. The Bertz CT molecular complexity index is 622. The highest BCUT2D eigenvalue weighted by Crippen LogP contribution is 2.37. The normalized spacial score (nSPS) is 13.2. The third kappa shape index (κ3) is 1.03. The van der Waals surface area contributed by atoms with Crippen molar-refractivity contribution in [3.63, 3.8) is 0 Å². The first-order chi connectivity index (χ1) is 7.29. The molecule has 2 nitrogen and oxygen atoms in total. The van der Waals surface area contributed by atoms with Crippen LogP contribution in [0.4, 0.5) is 5.69 Å². The van der Waals surface area contributed by atoms with E-state index < -0.39 is 0 Å². The molecule has 0 radical (unpaired) electrons. The fourth-order valence-corrected chi connectivity index (χ4v) is 2.31. The molecule has 0 unspecified atom stereocenters. The number of carbonyl (C=O) groups excluding carboxylic acids is 1. The zero-order chi connectivity index (χ0) is 10.4. The molecule has 2 aromatic carbocycles. The molecule has 0 atom stereocenters. The van der Waals surface area contributed by atoms with Crippen molar-refractivity contribution in [3.05, 3.63) is 41.5 Å². The van der Waals surface area contributed by atoms with Crippen LogP contribution in [-0.2, 0) is 11.2 Å². The maximum atomic E-state index is 10.8. The van der Waals surface area contributed by atoms with Gasteiger partial charge in [0.2, 0.25) is 0 Å². The summed E-state index contributed by atoms with van der Waals surface area (Å²) in [6.07, 6.45) is 0.657. The highest BCUT2D eigenvalue weighted by Gasteiger charge is 2.19. The van der Waals surface area contributed by atoms with Gasteiger partial charge in [-0.05, 0) is 34.0 Å². The fourth-order valence-electron chi connectivity index (χ4n) is 2.31. The van der Waals surface area contributed by atoms with Crippen LogP contribution in [0.3, 0.4) is 0 Å². The largest absolute Gasteiger partial charge is 0.399 e. The molecule has 0 aromatic heterocycles. The van der Waals surface area contributed by atoms with Crippen molar-refractivity contribution in [3.8, 4) is 0 Å². The lowest BCUT2D eigenvalue weighted by Crippen LogP contribution is -1.87. The van der Waals surface area contributed by atoms with E-state index in [0.717, 1.165) is 33.2 Å². The zero-order valence-corrected chi connectivity index (χ0v) is 8.08. The van der Waals surface area contributed by atoms with Gasteiger partial charge in [0.25, 0.3) is 0 Å². The van der Waals surface area contributed by atoms with Gasteiger partial charge in [-0.3, -0.25) is 0 Å². The molecule has 2 N–H and O–H groups in total. The lowest BCUT2D eigenvalue weighted by atomic mass is 10.0. The second kappa shape index (κ2) is 2.72. The fraction of sp³-hybridized carbons (Fsp3) is 0.0769. The summed E-state index contributed by atoms with van der Waals surface area (Å²) in [4.78, 5) is 10.8. The molecule has 0 saturated carbocycles. The summed E-state index contributed by atoms with van der Waals surface area (Å²) >= 11 is 0. The number of hydrogen-bond donors (Lipinski definition) is 1. The summed E-state index contributed by atoms with van der Waals surface area (Å²) < 4.78 is 0. The third-order valence-corrected chi connectivity index (χ3v) is 2.90. The average Bonchev–Trinajstić information content (AvgIpc) is 2.58. The van der Waals surface area contributed by atoms with Crippen LogP contribution in [0.5, 0.6) is 0 Å². The molecular formula is C13H9NO. The molecule has 1 aliphatic carbocycles. The van der Waals surface area contributed by atoms with Crippen molar-refractivity contribution in [1.29, 1.82) is 0 Å². The molecule has 0 aliphatic heterocycles. The summed E-state index contributed by atoms with van der Waals surface area (Å²) in [5.74, 6) is 2.02. The summed E-state index contributed by atoms with van der Waals surface area (Å²) in [6.45, 7) is 0. The van der Waals surface area contributed by atoms with Crippen molar-refractivity contribution < 1.29 is 4.79 Å². The van der Waals surface area contributed by atoms with E-state index in [9.17, 15) is 4.79 Å². The van der Waals surface area contributed by atoms with Gasteiger partial charge < -0.3 is 5.73 Å². The smallest absolute Gasteiger partial charge is 0.128 e. The molecule has 0 amide bonds. The van der Waals surface area contributed by atoms with Crippen LogP contribution in [0.1, 0.15) is 11.1 Å². The van der Waals surface area contributed by atoms with Gasteiger partial charge in [-0.1, -0.05) is 18.2 Å². The van der Waals surface area contributed by atoms with Gasteiger partial charge in [-0.25, -0.2) is 4.79 Å². The number of hydrogen-bond acceptors (Lipinski definition) is 2. The minimum atomic E-state index is 0.657. The van der Waals surface area contributed by atoms with E-state index in [-0.39, 0.29) is 0 Å². The molecule has 0 spiro atoms. The molecule has 0 bridgehead atoms. The van der Waals surface area contributed by atoms with E-state index in [2.05, 4.69) is 0 Å². The molecule has 15 heavy (non-hydrogen) atoms. The molecule has 3 rings (SSSR count). The number of nitrogen functional groups attached to an aromatic ring is 1. The lowest BCUT2D eigenvalue weighted by Gasteiger charge is -2.02. The van der Waals surface area contributed by atoms with Crippen LogP contribution in [-0.4, -0.2) is 5.94 Å². The first kappa shape index (κ1) is 8.27. The second-order valence-electron chi connectivity index (χ2n) is 3.84. The van der Waals surface area contributed by atoms with Gasteiger partial charge >= 0.3 is 0 Å². The quantitative estimate of drug-likeness (QED) is 0.517. The first-order valence-electron chi connectivity index (χ1n) is 4.85. The van der Waals surface area contributed by atoms with Crippen LogP contribution >= 0.6 is 0 Å². The Labute approximate surface area is 87.0 Å². The predicted octanol–water partition coefficient (Wildman–Crippen LogP) is 2.19. The SMILES string of the molecule is Nc1cc2c3c(cccc3c1)C(=C=O)C2. The van der Waals surface area contributed by atoms with E-state index in [1.807, 2.05) is 36.3 Å². The van der Waals surface area contributed by atoms with E-state index >= 15 is 0 Å². The van der Waals surface area contributed by atoms with Gasteiger partial charge in [0, 0.05) is 17.7 Å². The number of allylic oxidation sites excluding steroid dienone is 1. The third-order valence-electron chi connectivity index (χ3n) is 2.90. The Morgan fingerprint density at radius 1 is 1.27 bits per heavy atom. The van der Waals surface area contributed by atoms with Crippen LogP contribution in [0.25, 0.3) is 16.3 Å². The standard InChI is InChI=1S/C13H9NO/c14-11-5-8-2-1-3-12-10(7-15)4-9(6-11)13(8)12/h1-3,5-6H,4,14H2. The van der Waals surface area contributed by atoms with Crippen LogP contribution in [0, 0.1) is 0 Å². The van der Waals surface area contributed by atoms with Gasteiger partial charge in [0.05, 0.1) is 0 Å². The van der Waals surface area contributed by atoms with Gasteiger partial charge in [-0.15, -0.1) is 0 Å². The first-order valence-corrected chi connectivity index (χ1v) is 4.85. The van der Waals surface area contributed by atoms with Crippen molar-refractivity contribution in [2.45, 2.75) is 6.42 Å². The second-order valence-corrected chi connectivity index (χ2v) is 3.84. The predicted molar refractivity (Wildman–Crippen MR) is 61.2 cm³/mol. The molecule has 0 heterocycles. The van der Waals surface area contributed by atoms with Crippen molar-refractivity contribution in [2.24, 2.45) is 0 Å². The Morgan fingerprint density at radius 2 is 2.13 bits per heavy atom. The Hall–Kier alpha value is -2.05.